The Morgan fingerprint density at radius 1 is 1.03 bits per heavy atom. The number of aliphatic carboxylic acids is 1. The molecule has 0 bridgehead atoms. The zero-order valence-corrected chi connectivity index (χ0v) is 18.2. The number of carbonyl (C=O) groups is 2. The molecule has 1 aliphatic carbocycles. The van der Waals surface area contributed by atoms with Gasteiger partial charge in [0.05, 0.1) is 11.3 Å². The van der Waals surface area contributed by atoms with Crippen molar-refractivity contribution < 1.29 is 24.2 Å². The monoisotopic (exact) mass is 450 g/mol. The second-order valence-electron chi connectivity index (χ2n) is 7.80. The van der Waals surface area contributed by atoms with Crippen LogP contribution in [0.1, 0.15) is 34.5 Å². The van der Waals surface area contributed by atoms with E-state index >= 15 is 0 Å². The molecule has 5 rings (SSSR count). The maximum absolute atomic E-state index is 12.9. The molecule has 0 saturated heterocycles. The Labute approximate surface area is 189 Å². The summed E-state index contributed by atoms with van der Waals surface area (Å²) in [6, 6.07) is 10.7. The Hall–Kier alpha value is -3.26. The predicted octanol–water partition coefficient (Wildman–Crippen LogP) is 4.31. The van der Waals surface area contributed by atoms with Gasteiger partial charge in [-0.25, -0.2) is 0 Å². The van der Waals surface area contributed by atoms with Gasteiger partial charge in [-0.2, -0.15) is 0 Å². The molecule has 2 aliphatic rings. The largest absolute Gasteiger partial charge is 0.486 e. The molecule has 32 heavy (non-hydrogen) atoms. The number of carbonyl (C=O) groups excluding carboxylic acids is 1. The minimum Gasteiger partial charge on any atom is -0.486 e. The summed E-state index contributed by atoms with van der Waals surface area (Å²) in [7, 11) is 0. The van der Waals surface area contributed by atoms with Crippen LogP contribution in [0.5, 0.6) is 11.5 Å². The zero-order valence-electron chi connectivity index (χ0n) is 17.3. The molecule has 2 aromatic carbocycles. The van der Waals surface area contributed by atoms with Gasteiger partial charge in [0.15, 0.2) is 11.5 Å². The molecular weight excluding hydrogens is 428 g/mol. The van der Waals surface area contributed by atoms with Crippen LogP contribution in [0.15, 0.2) is 41.3 Å². The van der Waals surface area contributed by atoms with Crippen LogP contribution in [0.3, 0.4) is 0 Å². The first-order valence-corrected chi connectivity index (χ1v) is 11.6. The van der Waals surface area contributed by atoms with Crippen molar-refractivity contribution in [1.82, 2.24) is 4.98 Å². The number of ether oxygens (including phenoxy) is 2. The Bertz CT molecular complexity index is 1230. The summed E-state index contributed by atoms with van der Waals surface area (Å²) in [4.78, 5) is 29.9. The highest BCUT2D eigenvalue weighted by atomic mass is 32.2. The van der Waals surface area contributed by atoms with Crippen molar-refractivity contribution in [2.24, 2.45) is 0 Å². The van der Waals surface area contributed by atoms with Crippen molar-refractivity contribution in [1.29, 1.82) is 0 Å². The topological polar surface area (TPSA) is 97.8 Å². The van der Waals surface area contributed by atoms with Crippen LogP contribution in [0.4, 0.5) is 5.69 Å². The quantitative estimate of drug-likeness (QED) is 0.559. The molecule has 0 unspecified atom stereocenters. The van der Waals surface area contributed by atoms with Crippen molar-refractivity contribution in [2.45, 2.75) is 30.6 Å². The molecule has 0 radical (unpaired) electrons. The summed E-state index contributed by atoms with van der Waals surface area (Å²) in [5.74, 6) is 0.182. The third kappa shape index (κ3) is 4.10. The zero-order chi connectivity index (χ0) is 22.1. The van der Waals surface area contributed by atoms with Crippen molar-refractivity contribution >= 4 is 40.2 Å². The van der Waals surface area contributed by atoms with Gasteiger partial charge in [-0.1, -0.05) is 6.07 Å². The number of carboxylic acid groups (broad SMARTS) is 1. The van der Waals surface area contributed by atoms with E-state index in [1.165, 1.54) is 11.8 Å². The summed E-state index contributed by atoms with van der Waals surface area (Å²) in [6.45, 7) is 0.993. The van der Waals surface area contributed by atoms with E-state index in [2.05, 4.69) is 5.32 Å². The molecule has 2 heterocycles. The van der Waals surface area contributed by atoms with Gasteiger partial charge in [0, 0.05) is 33.3 Å². The lowest BCUT2D eigenvalue weighted by atomic mass is 9.94. The van der Waals surface area contributed by atoms with E-state index in [1.54, 1.807) is 30.3 Å². The molecule has 1 aliphatic heterocycles. The average Bonchev–Trinajstić information content (AvgIpc) is 2.81. The molecule has 0 saturated carbocycles. The van der Waals surface area contributed by atoms with Gasteiger partial charge in [0.1, 0.15) is 13.2 Å². The molecule has 0 atom stereocenters. The number of aryl methyl sites for hydroxylation is 1. The van der Waals surface area contributed by atoms with Crippen LogP contribution in [-0.4, -0.2) is 40.9 Å². The molecule has 0 fully saturated rings. The number of hydrogen-bond acceptors (Lipinski definition) is 6. The van der Waals surface area contributed by atoms with Gasteiger partial charge in [-0.15, -0.1) is 11.8 Å². The summed E-state index contributed by atoms with van der Waals surface area (Å²) in [6.07, 6.45) is 3.93. The van der Waals surface area contributed by atoms with Crippen molar-refractivity contribution in [2.75, 3.05) is 24.3 Å². The highest BCUT2D eigenvalue weighted by molar-refractivity contribution is 8.00. The van der Waals surface area contributed by atoms with E-state index in [9.17, 15) is 14.7 Å². The second kappa shape index (κ2) is 8.70. The number of nitrogens with one attached hydrogen (secondary N) is 1. The standard InChI is InChI=1S/C24H22N2O5S/c27-22(28)13-32-23-16-3-1-2-4-18(16)26-19-11-14(5-7-17(19)23)24(29)25-15-6-8-20-21(12-15)31-10-9-30-20/h5-8,11-12H,1-4,9-10,13H2,(H,25,29)(H,27,28). The normalized spacial score (nSPS) is 14.6. The first-order valence-electron chi connectivity index (χ1n) is 10.6. The number of hydrogen-bond donors (Lipinski definition) is 2. The fourth-order valence-electron chi connectivity index (χ4n) is 4.15. The predicted molar refractivity (Wildman–Crippen MR) is 122 cm³/mol. The molecule has 3 aromatic rings. The van der Waals surface area contributed by atoms with Crippen LogP contribution in [0.25, 0.3) is 10.9 Å². The van der Waals surface area contributed by atoms with E-state index in [-0.39, 0.29) is 11.7 Å². The number of amides is 1. The Morgan fingerprint density at radius 2 is 1.84 bits per heavy atom. The highest BCUT2D eigenvalue weighted by Gasteiger charge is 2.20. The van der Waals surface area contributed by atoms with Crippen LogP contribution < -0.4 is 14.8 Å². The number of nitrogens with zero attached hydrogens (tertiary/aromatic N) is 1. The van der Waals surface area contributed by atoms with Crippen molar-refractivity contribution in [3.05, 3.63) is 53.2 Å². The van der Waals surface area contributed by atoms with E-state index in [1.807, 2.05) is 6.07 Å². The SMILES string of the molecule is O=C(O)CSc1c2c(nc3cc(C(=O)Nc4ccc5c(c4)OCCO5)ccc13)CCCC2. The molecule has 2 N–H and O–H groups in total. The van der Waals surface area contributed by atoms with E-state index in [4.69, 9.17) is 14.5 Å². The lowest BCUT2D eigenvalue weighted by Gasteiger charge is -2.20. The van der Waals surface area contributed by atoms with Gasteiger partial charge < -0.3 is 19.9 Å². The molecule has 1 amide bonds. The number of aromatic nitrogens is 1. The average molecular weight is 451 g/mol. The Kier molecular flexibility index (Phi) is 5.61. The number of benzene rings is 2. The van der Waals surface area contributed by atoms with Crippen LogP contribution >= 0.6 is 11.8 Å². The highest BCUT2D eigenvalue weighted by Crippen LogP contribution is 2.37. The second-order valence-corrected chi connectivity index (χ2v) is 8.79. The number of pyridine rings is 1. The maximum Gasteiger partial charge on any atom is 0.313 e. The van der Waals surface area contributed by atoms with Crippen molar-refractivity contribution in [3.63, 3.8) is 0 Å². The van der Waals surface area contributed by atoms with E-state index in [0.29, 0.717) is 41.5 Å². The number of anilines is 1. The first kappa shape index (κ1) is 20.6. The molecule has 1 aromatic heterocycles. The molecule has 7 nitrogen and oxygen atoms in total. The molecular formula is C24H22N2O5S. The molecule has 8 heteroatoms. The number of carboxylic acids is 1. The van der Waals surface area contributed by atoms with Crippen molar-refractivity contribution in [3.8, 4) is 11.5 Å². The minimum absolute atomic E-state index is 0.00208. The van der Waals surface area contributed by atoms with Gasteiger partial charge in [-0.05, 0) is 55.5 Å². The Balaban J connectivity index is 1.46. The summed E-state index contributed by atoms with van der Waals surface area (Å²) in [5.41, 5.74) is 4.00. The third-order valence-electron chi connectivity index (χ3n) is 5.61. The van der Waals surface area contributed by atoms with Gasteiger partial charge >= 0.3 is 5.97 Å². The van der Waals surface area contributed by atoms with Gasteiger partial charge in [0.25, 0.3) is 5.91 Å². The van der Waals surface area contributed by atoms with Crippen LogP contribution in [0, 0.1) is 0 Å². The van der Waals surface area contributed by atoms with Crippen LogP contribution in [0.2, 0.25) is 0 Å². The van der Waals surface area contributed by atoms with E-state index in [0.717, 1.165) is 47.2 Å². The number of rotatable bonds is 5. The minimum atomic E-state index is -0.847. The lowest BCUT2D eigenvalue weighted by molar-refractivity contribution is -0.133. The van der Waals surface area contributed by atoms with E-state index < -0.39 is 5.97 Å². The third-order valence-corrected chi connectivity index (χ3v) is 6.76. The fraction of sp³-hybridized carbons (Fsp3) is 0.292. The summed E-state index contributed by atoms with van der Waals surface area (Å²) >= 11 is 1.34. The Morgan fingerprint density at radius 3 is 2.69 bits per heavy atom. The van der Waals surface area contributed by atoms with Gasteiger partial charge in [-0.3, -0.25) is 14.6 Å². The summed E-state index contributed by atoms with van der Waals surface area (Å²) in [5, 5.41) is 13.0. The maximum atomic E-state index is 12.9. The number of fused-ring (bicyclic) bond motifs is 3. The smallest absolute Gasteiger partial charge is 0.313 e. The fourth-order valence-corrected chi connectivity index (χ4v) is 5.14. The van der Waals surface area contributed by atoms with Gasteiger partial charge in [0.2, 0.25) is 0 Å². The lowest BCUT2D eigenvalue weighted by Crippen LogP contribution is -2.16. The molecule has 0 spiro atoms. The van der Waals surface area contributed by atoms with Crippen LogP contribution in [-0.2, 0) is 17.6 Å². The summed E-state index contributed by atoms with van der Waals surface area (Å²) < 4.78 is 11.1. The first-order chi connectivity index (χ1) is 15.6. The number of thioether (sulfide) groups is 1. The molecule has 164 valence electrons.